The first-order chi connectivity index (χ1) is 14.2. The van der Waals surface area contributed by atoms with E-state index in [2.05, 4.69) is 0 Å². The number of aromatic hydroxyl groups is 3. The van der Waals surface area contributed by atoms with Crippen LogP contribution in [0.25, 0.3) is 22.3 Å². The number of benzene rings is 2. The molecule has 7 heteroatoms. The summed E-state index contributed by atoms with van der Waals surface area (Å²) in [5, 5.41) is 31.0. The van der Waals surface area contributed by atoms with Crippen molar-refractivity contribution in [3.8, 4) is 28.6 Å². The molecule has 0 spiro atoms. The van der Waals surface area contributed by atoms with Crippen molar-refractivity contribution in [2.45, 2.75) is 32.6 Å². The Balaban J connectivity index is 2.37. The number of ether oxygens (including phenoxy) is 1. The van der Waals surface area contributed by atoms with Crippen LogP contribution in [0.15, 0.2) is 45.6 Å². The van der Waals surface area contributed by atoms with Gasteiger partial charge in [0.05, 0.1) is 13.5 Å². The van der Waals surface area contributed by atoms with Crippen molar-refractivity contribution in [1.82, 2.24) is 0 Å². The highest BCUT2D eigenvalue weighted by Crippen LogP contribution is 2.49. The smallest absolute Gasteiger partial charge is 0.306 e. The maximum absolute atomic E-state index is 12.8. The Morgan fingerprint density at radius 3 is 2.33 bits per heavy atom. The SMILES string of the molecule is COC(=O)C[C@H](CC(C)C)c1c(O)c(O)c(O)c2c(=O)cc(-c3ccccc3)oc12. The molecule has 3 aromatic rings. The summed E-state index contributed by atoms with van der Waals surface area (Å²) in [6, 6.07) is 10.1. The van der Waals surface area contributed by atoms with Crippen LogP contribution < -0.4 is 5.43 Å². The summed E-state index contributed by atoms with van der Waals surface area (Å²) >= 11 is 0. The lowest BCUT2D eigenvalue weighted by Crippen LogP contribution is -2.13. The number of phenols is 3. The first-order valence-electron chi connectivity index (χ1n) is 9.61. The van der Waals surface area contributed by atoms with Gasteiger partial charge < -0.3 is 24.5 Å². The van der Waals surface area contributed by atoms with E-state index in [1.165, 1.54) is 13.2 Å². The van der Waals surface area contributed by atoms with Crippen molar-refractivity contribution in [3.05, 3.63) is 52.2 Å². The van der Waals surface area contributed by atoms with Gasteiger partial charge in [0.25, 0.3) is 0 Å². The zero-order chi connectivity index (χ0) is 22.0. The standard InChI is InChI=1S/C23H24O7/c1-12(2)9-14(10-17(25)29-3)18-20(26)22(28)21(27)19-15(24)11-16(30-23(18)19)13-7-5-4-6-8-13/h4-8,11-12,14,26-28H,9-10H2,1-3H3/t14-/m0/s1. The van der Waals surface area contributed by atoms with Crippen molar-refractivity contribution in [2.24, 2.45) is 5.92 Å². The van der Waals surface area contributed by atoms with Gasteiger partial charge in [-0.1, -0.05) is 44.2 Å². The average molecular weight is 412 g/mol. The fourth-order valence-electron chi connectivity index (χ4n) is 3.65. The fraction of sp³-hybridized carbons (Fsp3) is 0.304. The molecule has 1 heterocycles. The van der Waals surface area contributed by atoms with Crippen LogP contribution in [0.4, 0.5) is 0 Å². The second-order valence-corrected chi connectivity index (χ2v) is 7.61. The molecule has 1 aromatic heterocycles. The Bertz CT molecular complexity index is 1130. The Morgan fingerprint density at radius 2 is 1.73 bits per heavy atom. The van der Waals surface area contributed by atoms with Gasteiger partial charge in [-0.05, 0) is 12.3 Å². The highest BCUT2D eigenvalue weighted by molar-refractivity contribution is 5.93. The predicted molar refractivity (Wildman–Crippen MR) is 112 cm³/mol. The summed E-state index contributed by atoms with van der Waals surface area (Å²) in [7, 11) is 1.26. The van der Waals surface area contributed by atoms with Crippen LogP contribution in [0.2, 0.25) is 0 Å². The molecule has 7 nitrogen and oxygen atoms in total. The minimum absolute atomic E-state index is 0.0660. The number of hydrogen-bond donors (Lipinski definition) is 3. The molecule has 0 amide bonds. The van der Waals surface area contributed by atoms with Crippen LogP contribution in [-0.4, -0.2) is 28.4 Å². The monoisotopic (exact) mass is 412 g/mol. The molecule has 0 unspecified atom stereocenters. The van der Waals surface area contributed by atoms with Crippen LogP contribution in [0.3, 0.4) is 0 Å². The van der Waals surface area contributed by atoms with Crippen molar-refractivity contribution >= 4 is 16.9 Å². The highest BCUT2D eigenvalue weighted by Gasteiger charge is 2.30. The summed E-state index contributed by atoms with van der Waals surface area (Å²) in [6.07, 6.45) is 0.349. The van der Waals surface area contributed by atoms with Crippen LogP contribution in [0.1, 0.15) is 38.2 Å². The number of methoxy groups -OCH3 is 1. The number of carbonyl (C=O) groups is 1. The maximum Gasteiger partial charge on any atom is 0.306 e. The van der Waals surface area contributed by atoms with E-state index in [-0.39, 0.29) is 34.6 Å². The fourth-order valence-corrected chi connectivity index (χ4v) is 3.65. The molecule has 0 aliphatic carbocycles. The molecule has 0 bridgehead atoms. The molecule has 0 aliphatic rings. The molecular weight excluding hydrogens is 388 g/mol. The normalized spacial score (nSPS) is 12.3. The second-order valence-electron chi connectivity index (χ2n) is 7.61. The largest absolute Gasteiger partial charge is 0.504 e. The lowest BCUT2D eigenvalue weighted by atomic mass is 9.85. The molecule has 158 valence electrons. The molecule has 1 atom stereocenters. The zero-order valence-corrected chi connectivity index (χ0v) is 17.0. The maximum atomic E-state index is 12.8. The van der Waals surface area contributed by atoms with E-state index >= 15 is 0 Å². The van der Waals surface area contributed by atoms with E-state index in [1.807, 2.05) is 19.9 Å². The van der Waals surface area contributed by atoms with E-state index in [1.54, 1.807) is 24.3 Å². The van der Waals surface area contributed by atoms with Crippen LogP contribution in [0, 0.1) is 5.92 Å². The second kappa shape index (κ2) is 8.49. The molecule has 0 aliphatic heterocycles. The molecule has 0 radical (unpaired) electrons. The zero-order valence-electron chi connectivity index (χ0n) is 17.0. The van der Waals surface area contributed by atoms with Crippen LogP contribution >= 0.6 is 0 Å². The summed E-state index contributed by atoms with van der Waals surface area (Å²) in [4.78, 5) is 24.9. The summed E-state index contributed by atoms with van der Waals surface area (Å²) in [5.41, 5.74) is 0.0754. The molecule has 0 fully saturated rings. The number of phenolic OH excluding ortho intramolecular Hbond substituents is 3. The Hall–Kier alpha value is -3.48. The lowest BCUT2D eigenvalue weighted by molar-refractivity contribution is -0.141. The number of carbonyl (C=O) groups excluding carboxylic acids is 1. The topological polar surface area (TPSA) is 117 Å². The lowest BCUT2D eigenvalue weighted by Gasteiger charge is -2.22. The van der Waals surface area contributed by atoms with Gasteiger partial charge in [-0.25, -0.2) is 0 Å². The van der Waals surface area contributed by atoms with Crippen LogP contribution in [-0.2, 0) is 9.53 Å². The quantitative estimate of drug-likeness (QED) is 0.409. The third-order valence-electron chi connectivity index (χ3n) is 5.00. The summed E-state index contributed by atoms with van der Waals surface area (Å²) in [6.45, 7) is 3.88. The van der Waals surface area contributed by atoms with Gasteiger partial charge in [0.15, 0.2) is 16.9 Å². The van der Waals surface area contributed by atoms with E-state index in [4.69, 9.17) is 9.15 Å². The molecule has 30 heavy (non-hydrogen) atoms. The van der Waals surface area contributed by atoms with Crippen molar-refractivity contribution in [3.63, 3.8) is 0 Å². The first-order valence-corrected chi connectivity index (χ1v) is 9.61. The number of rotatable bonds is 6. The molecule has 3 N–H and O–H groups in total. The van der Waals surface area contributed by atoms with Gasteiger partial charge >= 0.3 is 5.97 Å². The molecule has 0 saturated heterocycles. The van der Waals surface area contributed by atoms with Gasteiger partial charge in [0.2, 0.25) is 5.75 Å². The van der Waals surface area contributed by atoms with E-state index in [0.29, 0.717) is 12.0 Å². The van der Waals surface area contributed by atoms with Gasteiger partial charge in [0, 0.05) is 23.1 Å². The van der Waals surface area contributed by atoms with Gasteiger partial charge in [-0.3, -0.25) is 9.59 Å². The summed E-state index contributed by atoms with van der Waals surface area (Å²) < 4.78 is 10.8. The Morgan fingerprint density at radius 1 is 1.07 bits per heavy atom. The van der Waals surface area contributed by atoms with E-state index in [9.17, 15) is 24.9 Å². The predicted octanol–water partition coefficient (Wildman–Crippen LogP) is 4.27. The highest BCUT2D eigenvalue weighted by atomic mass is 16.5. The Kier molecular flexibility index (Phi) is 6.01. The van der Waals surface area contributed by atoms with Gasteiger partial charge in [-0.15, -0.1) is 0 Å². The van der Waals surface area contributed by atoms with Crippen molar-refractivity contribution < 1.29 is 29.3 Å². The molecule has 3 rings (SSSR count). The number of esters is 1. The average Bonchev–Trinajstić information content (AvgIpc) is 2.71. The minimum Gasteiger partial charge on any atom is -0.504 e. The van der Waals surface area contributed by atoms with Crippen molar-refractivity contribution in [1.29, 1.82) is 0 Å². The Labute approximate surface area is 173 Å². The van der Waals surface area contributed by atoms with E-state index < -0.39 is 34.6 Å². The van der Waals surface area contributed by atoms with Gasteiger partial charge in [0.1, 0.15) is 16.7 Å². The number of fused-ring (bicyclic) bond motifs is 1. The summed E-state index contributed by atoms with van der Waals surface area (Å²) in [5.74, 6) is -2.97. The number of hydrogen-bond acceptors (Lipinski definition) is 7. The minimum atomic E-state index is -0.823. The molecule has 2 aromatic carbocycles. The van der Waals surface area contributed by atoms with Crippen LogP contribution in [0.5, 0.6) is 17.2 Å². The van der Waals surface area contributed by atoms with E-state index in [0.717, 1.165) is 0 Å². The third-order valence-corrected chi connectivity index (χ3v) is 5.00. The van der Waals surface area contributed by atoms with Gasteiger partial charge in [-0.2, -0.15) is 0 Å². The first kappa shape index (κ1) is 21.2. The third kappa shape index (κ3) is 3.96. The molecular formula is C23H24O7. The van der Waals surface area contributed by atoms with Crippen molar-refractivity contribution in [2.75, 3.05) is 7.11 Å². The molecule has 0 saturated carbocycles.